The van der Waals surface area contributed by atoms with Crippen molar-refractivity contribution in [3.8, 4) is 0 Å². The van der Waals surface area contributed by atoms with Gasteiger partial charge in [-0.3, -0.25) is 0 Å². The minimum atomic E-state index is 0.460. The molecule has 0 saturated carbocycles. The maximum atomic E-state index is 4.26. The van der Waals surface area contributed by atoms with Gasteiger partial charge in [-0.25, -0.2) is 0 Å². The molecule has 2 heterocycles. The van der Waals surface area contributed by atoms with Crippen LogP contribution in [0.4, 0.5) is 5.95 Å². The number of rotatable bonds is 2. The van der Waals surface area contributed by atoms with Crippen molar-refractivity contribution in [1.82, 2.24) is 19.8 Å². The predicted molar refractivity (Wildman–Crippen MR) is 54.4 cm³/mol. The second kappa shape index (κ2) is 3.25. The van der Waals surface area contributed by atoms with E-state index in [0.29, 0.717) is 11.9 Å². The number of anilines is 1. The van der Waals surface area contributed by atoms with Gasteiger partial charge in [-0.05, 0) is 17.5 Å². The maximum Gasteiger partial charge on any atom is 0.245 e. The number of hydrogen-bond acceptors (Lipinski definition) is 4. The minimum absolute atomic E-state index is 0.460. The Labute approximate surface area is 82.2 Å². The fourth-order valence-corrected chi connectivity index (χ4v) is 1.28. The minimum Gasteiger partial charge on any atom is -0.356 e. The van der Waals surface area contributed by atoms with Gasteiger partial charge < -0.3 is 5.32 Å². The summed E-state index contributed by atoms with van der Waals surface area (Å²) < 4.78 is 1.69. The molecule has 0 aliphatic carbocycles. The van der Waals surface area contributed by atoms with Crippen molar-refractivity contribution in [3.63, 3.8) is 0 Å². The third kappa shape index (κ3) is 1.30. The largest absolute Gasteiger partial charge is 0.356 e. The molecule has 0 fully saturated rings. The van der Waals surface area contributed by atoms with E-state index in [1.54, 1.807) is 11.6 Å². The third-order valence-electron chi connectivity index (χ3n) is 2.17. The molecule has 0 aliphatic rings. The molecule has 74 valence electrons. The molecule has 14 heavy (non-hydrogen) atoms. The topological polar surface area (TPSA) is 55.1 Å². The molecule has 2 aromatic heterocycles. The van der Waals surface area contributed by atoms with Gasteiger partial charge in [-0.15, -0.1) is 10.2 Å². The normalized spacial score (nSPS) is 11.1. The number of hydrogen-bond donors (Lipinski definition) is 1. The highest BCUT2D eigenvalue weighted by molar-refractivity contribution is 5.45. The van der Waals surface area contributed by atoms with Crippen LogP contribution in [0.15, 0.2) is 12.3 Å². The Bertz CT molecular complexity index is 445. The first-order valence-corrected chi connectivity index (χ1v) is 4.61. The van der Waals surface area contributed by atoms with Crippen LogP contribution in [0.5, 0.6) is 0 Å². The van der Waals surface area contributed by atoms with Crippen LogP contribution in [0.2, 0.25) is 0 Å². The van der Waals surface area contributed by atoms with E-state index in [0.717, 1.165) is 5.65 Å². The lowest BCUT2D eigenvalue weighted by Crippen LogP contribution is -2.00. The summed E-state index contributed by atoms with van der Waals surface area (Å²) in [5.74, 6) is 1.12. The monoisotopic (exact) mass is 191 g/mol. The quantitative estimate of drug-likeness (QED) is 0.777. The first kappa shape index (κ1) is 8.93. The molecule has 2 rings (SSSR count). The van der Waals surface area contributed by atoms with Crippen LogP contribution in [0.3, 0.4) is 0 Å². The molecule has 0 aliphatic heterocycles. The van der Waals surface area contributed by atoms with Gasteiger partial charge in [0.25, 0.3) is 0 Å². The Balaban J connectivity index is 2.57. The average molecular weight is 191 g/mol. The fourth-order valence-electron chi connectivity index (χ4n) is 1.28. The lowest BCUT2D eigenvalue weighted by molar-refractivity contribution is 0.830. The van der Waals surface area contributed by atoms with E-state index in [-0.39, 0.29) is 0 Å². The zero-order valence-electron chi connectivity index (χ0n) is 8.52. The Morgan fingerprint density at radius 2 is 2.14 bits per heavy atom. The first-order valence-electron chi connectivity index (χ1n) is 4.61. The van der Waals surface area contributed by atoms with Gasteiger partial charge in [0.1, 0.15) is 0 Å². The zero-order valence-corrected chi connectivity index (χ0v) is 8.52. The van der Waals surface area contributed by atoms with E-state index in [9.17, 15) is 0 Å². The van der Waals surface area contributed by atoms with Crippen molar-refractivity contribution in [2.45, 2.75) is 19.8 Å². The van der Waals surface area contributed by atoms with E-state index in [1.165, 1.54) is 5.56 Å². The highest BCUT2D eigenvalue weighted by atomic mass is 15.4. The smallest absolute Gasteiger partial charge is 0.245 e. The Morgan fingerprint density at radius 1 is 1.36 bits per heavy atom. The molecule has 0 radical (unpaired) electrons. The van der Waals surface area contributed by atoms with Crippen LogP contribution >= 0.6 is 0 Å². The van der Waals surface area contributed by atoms with Crippen LogP contribution in [-0.4, -0.2) is 26.9 Å². The highest BCUT2D eigenvalue weighted by Crippen LogP contribution is 2.15. The van der Waals surface area contributed by atoms with E-state index in [2.05, 4.69) is 34.5 Å². The summed E-state index contributed by atoms with van der Waals surface area (Å²) in [5.41, 5.74) is 1.95. The van der Waals surface area contributed by atoms with Crippen molar-refractivity contribution in [2.24, 2.45) is 0 Å². The summed E-state index contributed by atoms with van der Waals surface area (Å²) in [4.78, 5) is 0. The number of nitrogens with zero attached hydrogens (tertiary/aromatic N) is 4. The highest BCUT2D eigenvalue weighted by Gasteiger charge is 2.06. The Morgan fingerprint density at radius 3 is 2.79 bits per heavy atom. The number of aromatic nitrogens is 4. The molecule has 0 amide bonds. The molecule has 0 saturated heterocycles. The predicted octanol–water partition coefficient (Wildman–Crippen LogP) is 1.29. The van der Waals surface area contributed by atoms with E-state index in [4.69, 9.17) is 0 Å². The van der Waals surface area contributed by atoms with Gasteiger partial charge in [0.15, 0.2) is 5.65 Å². The van der Waals surface area contributed by atoms with Gasteiger partial charge >= 0.3 is 0 Å². The van der Waals surface area contributed by atoms with E-state index < -0.39 is 0 Å². The third-order valence-corrected chi connectivity index (χ3v) is 2.17. The summed E-state index contributed by atoms with van der Waals surface area (Å²) in [6.07, 6.45) is 1.85. The zero-order chi connectivity index (χ0) is 10.1. The average Bonchev–Trinajstić information content (AvgIpc) is 2.59. The van der Waals surface area contributed by atoms with E-state index in [1.807, 2.05) is 12.3 Å². The van der Waals surface area contributed by atoms with Gasteiger partial charge in [0.05, 0.1) is 6.20 Å². The van der Waals surface area contributed by atoms with Gasteiger partial charge in [-0.2, -0.15) is 9.61 Å². The standard InChI is InChI=1S/C9H13N5/c1-6(2)7-4-8-12-13-9(10-3)14(8)11-5-7/h4-6H,1-3H3,(H,10,13). The summed E-state index contributed by atoms with van der Waals surface area (Å²) >= 11 is 0. The van der Waals surface area contributed by atoms with Crippen molar-refractivity contribution >= 4 is 11.6 Å². The molecular weight excluding hydrogens is 178 g/mol. The fraction of sp³-hybridized carbons (Fsp3) is 0.444. The van der Waals surface area contributed by atoms with Crippen molar-refractivity contribution in [2.75, 3.05) is 12.4 Å². The van der Waals surface area contributed by atoms with Gasteiger partial charge in [0.2, 0.25) is 5.95 Å². The van der Waals surface area contributed by atoms with Crippen molar-refractivity contribution in [1.29, 1.82) is 0 Å². The summed E-state index contributed by atoms with van der Waals surface area (Å²) in [6, 6.07) is 2.01. The molecule has 0 atom stereocenters. The molecule has 2 aromatic rings. The van der Waals surface area contributed by atoms with Crippen molar-refractivity contribution < 1.29 is 0 Å². The molecule has 0 unspecified atom stereocenters. The van der Waals surface area contributed by atoms with Crippen LogP contribution in [0.1, 0.15) is 25.3 Å². The second-order valence-electron chi connectivity index (χ2n) is 3.49. The summed E-state index contributed by atoms with van der Waals surface area (Å²) in [7, 11) is 1.80. The molecule has 5 nitrogen and oxygen atoms in total. The summed E-state index contributed by atoms with van der Waals surface area (Å²) in [6.45, 7) is 4.26. The first-order chi connectivity index (χ1) is 6.72. The molecule has 0 bridgehead atoms. The molecule has 5 heteroatoms. The van der Waals surface area contributed by atoms with Crippen molar-refractivity contribution in [3.05, 3.63) is 17.8 Å². The van der Waals surface area contributed by atoms with Crippen LogP contribution < -0.4 is 5.32 Å². The maximum absolute atomic E-state index is 4.26. The van der Waals surface area contributed by atoms with Crippen LogP contribution in [0.25, 0.3) is 5.65 Å². The summed E-state index contributed by atoms with van der Waals surface area (Å²) in [5, 5.41) is 15.2. The van der Waals surface area contributed by atoms with Gasteiger partial charge in [-0.1, -0.05) is 13.8 Å². The molecule has 0 aromatic carbocycles. The molecule has 1 N–H and O–H groups in total. The number of fused-ring (bicyclic) bond motifs is 1. The van der Waals surface area contributed by atoms with Gasteiger partial charge in [0, 0.05) is 7.05 Å². The lowest BCUT2D eigenvalue weighted by atomic mass is 10.1. The Kier molecular flexibility index (Phi) is 2.07. The molecule has 0 spiro atoms. The van der Waals surface area contributed by atoms with Crippen LogP contribution in [-0.2, 0) is 0 Å². The Hall–Kier alpha value is -1.65. The lowest BCUT2D eigenvalue weighted by Gasteiger charge is -2.04. The number of nitrogens with one attached hydrogen (secondary N) is 1. The van der Waals surface area contributed by atoms with Crippen LogP contribution in [0, 0.1) is 0 Å². The molecular formula is C9H13N5. The second-order valence-corrected chi connectivity index (χ2v) is 3.49. The SMILES string of the molecule is CNc1nnc2cc(C(C)C)cnn12. The van der Waals surface area contributed by atoms with E-state index >= 15 is 0 Å².